The van der Waals surface area contributed by atoms with E-state index in [4.69, 9.17) is 0 Å². The molecule has 3 nitrogen and oxygen atoms in total. The van der Waals surface area contributed by atoms with E-state index in [9.17, 15) is 8.42 Å². The molecule has 6 heteroatoms. The maximum absolute atomic E-state index is 12.3. The number of hydrogen-bond acceptors (Lipinski definition) is 3. The van der Waals surface area contributed by atoms with Crippen molar-refractivity contribution in [2.24, 2.45) is 0 Å². The van der Waals surface area contributed by atoms with Crippen molar-refractivity contribution in [1.82, 2.24) is 4.72 Å². The fraction of sp³-hybridized carbons (Fsp3) is 0.286. The van der Waals surface area contributed by atoms with Crippen LogP contribution in [0.5, 0.6) is 0 Å². The third-order valence-electron chi connectivity index (χ3n) is 3.44. The average molecular weight is 372 g/mol. The normalized spacial score (nSPS) is 14.4. The lowest BCUT2D eigenvalue weighted by molar-refractivity contribution is 0.581. The van der Waals surface area contributed by atoms with Crippen molar-refractivity contribution in [3.8, 4) is 0 Å². The first kappa shape index (κ1) is 14.3. The predicted molar refractivity (Wildman–Crippen MR) is 84.5 cm³/mol. The zero-order valence-electron chi connectivity index (χ0n) is 10.7. The highest BCUT2D eigenvalue weighted by Crippen LogP contribution is 2.25. The van der Waals surface area contributed by atoms with Crippen molar-refractivity contribution in [2.45, 2.75) is 30.7 Å². The minimum absolute atomic E-state index is 0.329. The van der Waals surface area contributed by atoms with Gasteiger partial charge in [-0.2, -0.15) is 0 Å². The van der Waals surface area contributed by atoms with Crippen molar-refractivity contribution >= 4 is 37.3 Å². The summed E-state index contributed by atoms with van der Waals surface area (Å²) in [6.07, 6.45) is 3.17. The van der Waals surface area contributed by atoms with E-state index in [0.29, 0.717) is 11.4 Å². The van der Waals surface area contributed by atoms with Gasteiger partial charge in [-0.05, 0) is 64.5 Å². The molecule has 1 aromatic carbocycles. The second-order valence-electron chi connectivity index (χ2n) is 4.84. The monoisotopic (exact) mass is 371 g/mol. The zero-order valence-corrected chi connectivity index (χ0v) is 13.9. The lowest BCUT2D eigenvalue weighted by Gasteiger charge is -2.07. The molecular formula is C14H14BrNO2S2. The molecule has 0 radical (unpaired) electrons. The molecule has 1 heterocycles. The first-order chi connectivity index (χ1) is 9.54. The fourth-order valence-corrected chi connectivity index (χ4v) is 4.95. The highest BCUT2D eigenvalue weighted by Gasteiger charge is 2.18. The van der Waals surface area contributed by atoms with Crippen molar-refractivity contribution < 1.29 is 8.42 Å². The van der Waals surface area contributed by atoms with Gasteiger partial charge in [-0.15, -0.1) is 11.3 Å². The number of nitrogens with one attached hydrogen (secondary N) is 1. The van der Waals surface area contributed by atoms with Crippen LogP contribution in [0.4, 0.5) is 0 Å². The summed E-state index contributed by atoms with van der Waals surface area (Å²) in [5.74, 6) is 0. The highest BCUT2D eigenvalue weighted by molar-refractivity contribution is 9.10. The molecule has 106 valence electrons. The predicted octanol–water partition coefficient (Wildman–Crippen LogP) is 3.48. The molecule has 1 aromatic heterocycles. The van der Waals surface area contributed by atoms with Gasteiger partial charge in [0.1, 0.15) is 0 Å². The molecule has 0 aliphatic heterocycles. The number of fused-ring (bicyclic) bond motifs is 1. The Morgan fingerprint density at radius 3 is 2.75 bits per heavy atom. The summed E-state index contributed by atoms with van der Waals surface area (Å²) >= 11 is 4.90. The van der Waals surface area contributed by atoms with Gasteiger partial charge in [-0.1, -0.05) is 6.07 Å². The van der Waals surface area contributed by atoms with E-state index in [-0.39, 0.29) is 0 Å². The van der Waals surface area contributed by atoms with Gasteiger partial charge in [0.05, 0.1) is 4.90 Å². The molecule has 0 saturated heterocycles. The van der Waals surface area contributed by atoms with Gasteiger partial charge >= 0.3 is 0 Å². The van der Waals surface area contributed by atoms with Crippen molar-refractivity contribution in [3.63, 3.8) is 0 Å². The summed E-state index contributed by atoms with van der Waals surface area (Å²) in [5.41, 5.74) is 2.46. The Bertz CT molecular complexity index is 737. The van der Waals surface area contributed by atoms with E-state index >= 15 is 0 Å². The number of hydrogen-bond donors (Lipinski definition) is 1. The molecule has 0 atom stereocenters. The van der Waals surface area contributed by atoms with Crippen LogP contribution in [0, 0.1) is 0 Å². The summed E-state index contributed by atoms with van der Waals surface area (Å²) in [6.45, 7) is 0.329. The summed E-state index contributed by atoms with van der Waals surface area (Å²) < 4.78 is 28.2. The first-order valence-electron chi connectivity index (χ1n) is 6.39. The molecule has 0 bridgehead atoms. The van der Waals surface area contributed by atoms with Gasteiger partial charge in [0.2, 0.25) is 10.0 Å². The van der Waals surface area contributed by atoms with Crippen LogP contribution < -0.4 is 4.72 Å². The second kappa shape index (κ2) is 5.60. The topological polar surface area (TPSA) is 46.2 Å². The first-order valence-corrected chi connectivity index (χ1v) is 9.54. The molecule has 0 spiro atoms. The van der Waals surface area contributed by atoms with Crippen LogP contribution >= 0.6 is 27.3 Å². The average Bonchev–Trinajstić information content (AvgIpc) is 3.04. The van der Waals surface area contributed by atoms with E-state index in [1.54, 1.807) is 6.07 Å². The zero-order chi connectivity index (χ0) is 14.2. The van der Waals surface area contributed by atoms with Crippen molar-refractivity contribution in [2.75, 3.05) is 0 Å². The van der Waals surface area contributed by atoms with Gasteiger partial charge in [-0.25, -0.2) is 13.1 Å². The maximum atomic E-state index is 12.3. The Labute approximate surface area is 131 Å². The molecule has 0 amide bonds. The Balaban J connectivity index is 1.78. The van der Waals surface area contributed by atoms with Gasteiger partial charge in [0.25, 0.3) is 0 Å². The number of sulfonamides is 1. The molecule has 0 fully saturated rings. The molecule has 1 N–H and O–H groups in total. The van der Waals surface area contributed by atoms with E-state index in [0.717, 1.165) is 28.6 Å². The lowest BCUT2D eigenvalue weighted by Crippen LogP contribution is -2.22. The molecular weight excluding hydrogens is 358 g/mol. The number of rotatable bonds is 4. The van der Waals surface area contributed by atoms with E-state index in [1.165, 1.54) is 22.5 Å². The smallest absolute Gasteiger partial charge is 0.207 e. The molecule has 1 aliphatic rings. The molecule has 0 saturated carbocycles. The highest BCUT2D eigenvalue weighted by atomic mass is 79.9. The van der Waals surface area contributed by atoms with E-state index < -0.39 is 10.0 Å². The number of thiophene rings is 1. The van der Waals surface area contributed by atoms with Crippen LogP contribution in [0.25, 0.3) is 0 Å². The van der Waals surface area contributed by atoms with Crippen molar-refractivity contribution in [3.05, 3.63) is 50.1 Å². The standard InChI is InChI=1S/C14H14BrNO2S2/c15-12-7-13(19-9-12)8-16-20(17,18)14-5-4-10-2-1-3-11(10)6-14/h4-7,9,16H,1-3,8H2. The quantitative estimate of drug-likeness (QED) is 0.893. The summed E-state index contributed by atoms with van der Waals surface area (Å²) in [6, 6.07) is 7.39. The maximum Gasteiger partial charge on any atom is 0.240 e. The molecule has 0 unspecified atom stereocenters. The Morgan fingerprint density at radius 2 is 2.00 bits per heavy atom. The van der Waals surface area contributed by atoms with Gasteiger partial charge < -0.3 is 0 Å². The Hall–Kier alpha value is -0.690. The van der Waals surface area contributed by atoms with Crippen LogP contribution in [0.15, 0.2) is 39.0 Å². The van der Waals surface area contributed by atoms with Crippen LogP contribution in [0.1, 0.15) is 22.4 Å². The van der Waals surface area contributed by atoms with Gasteiger partial charge in [0, 0.05) is 21.3 Å². The second-order valence-corrected chi connectivity index (χ2v) is 8.52. The van der Waals surface area contributed by atoms with E-state index in [1.807, 2.05) is 23.6 Å². The summed E-state index contributed by atoms with van der Waals surface area (Å²) in [7, 11) is -3.43. The SMILES string of the molecule is O=S(=O)(NCc1cc(Br)cs1)c1ccc2c(c1)CCC2. The third kappa shape index (κ3) is 2.98. The van der Waals surface area contributed by atoms with Crippen LogP contribution in [-0.2, 0) is 29.4 Å². The summed E-state index contributed by atoms with van der Waals surface area (Å²) in [4.78, 5) is 1.36. The molecule has 2 aromatic rings. The minimum Gasteiger partial charge on any atom is -0.207 e. The van der Waals surface area contributed by atoms with Gasteiger partial charge in [0.15, 0.2) is 0 Å². The van der Waals surface area contributed by atoms with E-state index in [2.05, 4.69) is 20.7 Å². The molecule has 3 rings (SSSR count). The molecule has 20 heavy (non-hydrogen) atoms. The van der Waals surface area contributed by atoms with Crippen LogP contribution in [0.2, 0.25) is 0 Å². The third-order valence-corrected chi connectivity index (χ3v) is 6.53. The summed E-state index contributed by atoms with van der Waals surface area (Å²) in [5, 5.41) is 1.94. The number of aryl methyl sites for hydroxylation is 2. The fourth-order valence-electron chi connectivity index (χ4n) is 2.41. The molecule has 1 aliphatic carbocycles. The Kier molecular flexibility index (Phi) is 3.99. The van der Waals surface area contributed by atoms with Crippen LogP contribution in [0.3, 0.4) is 0 Å². The minimum atomic E-state index is -3.43. The van der Waals surface area contributed by atoms with Crippen LogP contribution in [-0.4, -0.2) is 8.42 Å². The van der Waals surface area contributed by atoms with Gasteiger partial charge in [-0.3, -0.25) is 0 Å². The Morgan fingerprint density at radius 1 is 1.20 bits per heavy atom. The van der Waals surface area contributed by atoms with Crippen molar-refractivity contribution in [1.29, 1.82) is 0 Å². The number of halogens is 1. The number of benzene rings is 1. The largest absolute Gasteiger partial charge is 0.240 e. The lowest BCUT2D eigenvalue weighted by atomic mass is 10.1.